The number of halogens is 3. The zero-order valence-corrected chi connectivity index (χ0v) is 18.3. The Morgan fingerprint density at radius 3 is 2.59 bits per heavy atom. The van der Waals surface area contributed by atoms with Gasteiger partial charge in [-0.3, -0.25) is 10.1 Å². The van der Waals surface area contributed by atoms with Crippen LogP contribution in [0.25, 0.3) is 0 Å². The predicted molar refractivity (Wildman–Crippen MR) is 118 cm³/mol. The molecule has 10 nitrogen and oxygen atoms in total. The highest BCUT2D eigenvalue weighted by atomic mass is 19.4. The van der Waals surface area contributed by atoms with E-state index in [0.717, 1.165) is 31.9 Å². The van der Waals surface area contributed by atoms with Crippen LogP contribution in [-0.2, 0) is 6.54 Å². The highest BCUT2D eigenvalue weighted by molar-refractivity contribution is 5.57. The molecule has 3 rings (SSSR count). The summed E-state index contributed by atoms with van der Waals surface area (Å²) < 4.78 is 41.9. The average Bonchev–Trinajstić information content (AvgIpc) is 2.80. The number of aliphatic hydroxyl groups is 1. The Labute approximate surface area is 194 Å². The van der Waals surface area contributed by atoms with Crippen LogP contribution in [0.1, 0.15) is 31.2 Å². The third-order valence-corrected chi connectivity index (χ3v) is 5.55. The van der Waals surface area contributed by atoms with Gasteiger partial charge in [0.25, 0.3) is 0 Å². The van der Waals surface area contributed by atoms with E-state index in [1.165, 1.54) is 18.2 Å². The minimum atomic E-state index is -4.83. The standard InChI is InChI=1S/C21H27F3N6O4/c22-21(23,24)34-18-4-2-1-3-15(18)12-27-20-28-13-17(30(32)33)19(29-20)26-11-14-5-7-16(8-6-14)25-9-10-31/h1-4,13-14,16,25,31H,5-12H2,(H2,26,27,28,29). The van der Waals surface area contributed by atoms with Crippen molar-refractivity contribution >= 4 is 17.5 Å². The minimum absolute atomic E-state index is 0.0341. The number of hydrogen-bond acceptors (Lipinski definition) is 9. The Kier molecular flexibility index (Phi) is 8.82. The van der Waals surface area contributed by atoms with Crippen molar-refractivity contribution < 1.29 is 27.9 Å². The van der Waals surface area contributed by atoms with E-state index < -0.39 is 11.3 Å². The molecule has 13 heteroatoms. The third-order valence-electron chi connectivity index (χ3n) is 5.55. The second-order valence-corrected chi connectivity index (χ2v) is 7.97. The van der Waals surface area contributed by atoms with E-state index in [-0.39, 0.29) is 41.9 Å². The molecule has 0 amide bonds. The zero-order chi connectivity index (χ0) is 24.6. The summed E-state index contributed by atoms with van der Waals surface area (Å²) in [4.78, 5) is 18.9. The zero-order valence-electron chi connectivity index (χ0n) is 18.3. The van der Waals surface area contributed by atoms with Gasteiger partial charge in [0, 0.05) is 31.2 Å². The fourth-order valence-electron chi connectivity index (χ4n) is 3.85. The molecule has 0 saturated heterocycles. The summed E-state index contributed by atoms with van der Waals surface area (Å²) >= 11 is 0. The van der Waals surface area contributed by atoms with Gasteiger partial charge in [-0.15, -0.1) is 13.2 Å². The van der Waals surface area contributed by atoms with Gasteiger partial charge < -0.3 is 25.8 Å². The van der Waals surface area contributed by atoms with Crippen molar-refractivity contribution in [3.8, 4) is 5.75 Å². The number of ether oxygens (including phenoxy) is 1. The molecule has 4 N–H and O–H groups in total. The number of para-hydroxylation sites is 1. The molecule has 1 heterocycles. The lowest BCUT2D eigenvalue weighted by molar-refractivity contribution is -0.384. The number of rotatable bonds is 11. The fraction of sp³-hybridized carbons (Fsp3) is 0.524. The van der Waals surface area contributed by atoms with Crippen molar-refractivity contribution in [3.63, 3.8) is 0 Å². The Bertz CT molecular complexity index is 954. The van der Waals surface area contributed by atoms with E-state index in [1.807, 2.05) is 0 Å². The summed E-state index contributed by atoms with van der Waals surface area (Å²) in [5.41, 5.74) is -0.0625. The van der Waals surface area contributed by atoms with Gasteiger partial charge in [-0.05, 0) is 37.7 Å². The minimum Gasteiger partial charge on any atom is -0.405 e. The van der Waals surface area contributed by atoms with E-state index in [4.69, 9.17) is 5.11 Å². The lowest BCUT2D eigenvalue weighted by atomic mass is 9.86. The van der Waals surface area contributed by atoms with E-state index >= 15 is 0 Å². The molecule has 0 atom stereocenters. The van der Waals surface area contributed by atoms with Crippen molar-refractivity contribution in [1.82, 2.24) is 15.3 Å². The number of aromatic nitrogens is 2. The Balaban J connectivity index is 1.62. The highest BCUT2D eigenvalue weighted by Crippen LogP contribution is 2.29. The van der Waals surface area contributed by atoms with Gasteiger partial charge in [-0.2, -0.15) is 4.98 Å². The van der Waals surface area contributed by atoms with Gasteiger partial charge in [-0.1, -0.05) is 18.2 Å². The van der Waals surface area contributed by atoms with Crippen molar-refractivity contribution in [1.29, 1.82) is 0 Å². The first-order chi connectivity index (χ1) is 16.2. The van der Waals surface area contributed by atoms with Crippen LogP contribution in [0.2, 0.25) is 0 Å². The number of nitro groups is 1. The molecule has 1 aliphatic rings. The molecule has 0 unspecified atom stereocenters. The quantitative estimate of drug-likeness (QED) is 0.279. The predicted octanol–water partition coefficient (Wildman–Crippen LogP) is 3.45. The van der Waals surface area contributed by atoms with Crippen molar-refractivity contribution in [3.05, 3.63) is 46.1 Å². The van der Waals surface area contributed by atoms with Crippen LogP contribution < -0.4 is 20.7 Å². The smallest absolute Gasteiger partial charge is 0.405 e. The molecule has 1 aromatic heterocycles. The maximum Gasteiger partial charge on any atom is 0.573 e. The lowest BCUT2D eigenvalue weighted by Crippen LogP contribution is -2.36. The van der Waals surface area contributed by atoms with E-state index in [9.17, 15) is 23.3 Å². The maximum absolute atomic E-state index is 12.6. The summed E-state index contributed by atoms with van der Waals surface area (Å²) in [5.74, 6) is 0.0334. The second-order valence-electron chi connectivity index (χ2n) is 7.97. The monoisotopic (exact) mass is 484 g/mol. The first-order valence-electron chi connectivity index (χ1n) is 10.9. The molecule has 1 aromatic carbocycles. The largest absolute Gasteiger partial charge is 0.573 e. The number of alkyl halides is 3. The van der Waals surface area contributed by atoms with Crippen molar-refractivity contribution in [2.24, 2.45) is 5.92 Å². The highest BCUT2D eigenvalue weighted by Gasteiger charge is 2.32. The number of hydrogen-bond donors (Lipinski definition) is 4. The second kappa shape index (κ2) is 11.8. The molecule has 1 aliphatic carbocycles. The van der Waals surface area contributed by atoms with Gasteiger partial charge in [-0.25, -0.2) is 4.98 Å². The van der Waals surface area contributed by atoms with Gasteiger partial charge in [0.1, 0.15) is 11.9 Å². The van der Waals surface area contributed by atoms with E-state index in [1.54, 1.807) is 6.07 Å². The topological polar surface area (TPSA) is 134 Å². The van der Waals surface area contributed by atoms with Gasteiger partial charge in [0.15, 0.2) is 0 Å². The molecular weight excluding hydrogens is 457 g/mol. The molecule has 2 aromatic rings. The molecule has 1 saturated carbocycles. The molecular formula is C21H27F3N6O4. The SMILES string of the molecule is O=[N+]([O-])c1cnc(NCc2ccccc2OC(F)(F)F)nc1NCC1CCC(NCCO)CC1. The number of anilines is 2. The molecule has 0 aliphatic heterocycles. The Morgan fingerprint density at radius 2 is 1.91 bits per heavy atom. The normalized spacial score (nSPS) is 18.4. The van der Waals surface area contributed by atoms with Gasteiger partial charge >= 0.3 is 12.0 Å². The van der Waals surface area contributed by atoms with Crippen LogP contribution in [0.5, 0.6) is 5.75 Å². The van der Waals surface area contributed by atoms with E-state index in [2.05, 4.69) is 30.7 Å². The molecule has 34 heavy (non-hydrogen) atoms. The maximum atomic E-state index is 12.6. The number of aliphatic hydroxyl groups excluding tert-OH is 1. The molecule has 0 spiro atoms. The van der Waals surface area contributed by atoms with Crippen LogP contribution in [0, 0.1) is 16.0 Å². The average molecular weight is 484 g/mol. The molecule has 1 fully saturated rings. The van der Waals surface area contributed by atoms with Gasteiger partial charge in [0.2, 0.25) is 11.8 Å². The Hall–Kier alpha value is -3.19. The van der Waals surface area contributed by atoms with Gasteiger partial charge in [0.05, 0.1) is 11.5 Å². The van der Waals surface area contributed by atoms with E-state index in [0.29, 0.717) is 25.0 Å². The number of nitrogens with one attached hydrogen (secondary N) is 3. The van der Waals surface area contributed by atoms with Crippen molar-refractivity contribution in [2.45, 2.75) is 44.6 Å². The summed E-state index contributed by atoms with van der Waals surface area (Å²) in [5, 5.41) is 29.4. The van der Waals surface area contributed by atoms with Crippen LogP contribution in [0.15, 0.2) is 30.5 Å². The summed E-state index contributed by atoms with van der Waals surface area (Å²) in [7, 11) is 0. The van der Waals surface area contributed by atoms with Crippen LogP contribution in [0.3, 0.4) is 0 Å². The molecule has 0 bridgehead atoms. The third kappa shape index (κ3) is 7.70. The molecule has 0 radical (unpaired) electrons. The first kappa shape index (κ1) is 25.4. The van der Waals surface area contributed by atoms with Crippen LogP contribution in [-0.4, -0.2) is 52.1 Å². The number of benzene rings is 1. The lowest BCUT2D eigenvalue weighted by Gasteiger charge is -2.29. The fourth-order valence-corrected chi connectivity index (χ4v) is 3.85. The first-order valence-corrected chi connectivity index (χ1v) is 10.9. The van der Waals surface area contributed by atoms with Crippen LogP contribution in [0.4, 0.5) is 30.6 Å². The summed E-state index contributed by atoms with van der Waals surface area (Å²) in [6.07, 6.45) is -0.0163. The molecule has 186 valence electrons. The van der Waals surface area contributed by atoms with Crippen LogP contribution >= 0.6 is 0 Å². The summed E-state index contributed by atoms with van der Waals surface area (Å²) in [6, 6.07) is 6.01. The van der Waals surface area contributed by atoms with Crippen molar-refractivity contribution in [2.75, 3.05) is 30.3 Å². The number of nitrogens with zero attached hydrogens (tertiary/aromatic N) is 3. The summed E-state index contributed by atoms with van der Waals surface area (Å²) in [6.45, 7) is 1.07. The Morgan fingerprint density at radius 1 is 1.18 bits per heavy atom.